The minimum Gasteiger partial charge on any atom is -0.366 e. The lowest BCUT2D eigenvalue weighted by atomic mass is 10.2. The zero-order chi connectivity index (χ0) is 12.8. The van der Waals surface area contributed by atoms with Crippen molar-refractivity contribution in [3.05, 3.63) is 53.2 Å². The average molecular weight is 260 g/mol. The standard InChI is InChI=1S/C13H10ClN3O/c14-12-6-11(16-9-18)7-13(17-12)15-8-10-4-2-1-3-5-10/h1-7H,8H2,(H,15,17). The van der Waals surface area contributed by atoms with Gasteiger partial charge in [0, 0.05) is 18.7 Å². The predicted octanol–water partition coefficient (Wildman–Crippen LogP) is 3.31. The molecule has 0 saturated heterocycles. The molecule has 0 radical (unpaired) electrons. The van der Waals surface area contributed by atoms with Crippen molar-refractivity contribution < 1.29 is 4.79 Å². The van der Waals surface area contributed by atoms with Crippen LogP contribution in [-0.4, -0.2) is 11.1 Å². The maximum absolute atomic E-state index is 10.2. The number of rotatable bonds is 4. The molecule has 5 heteroatoms. The Kier molecular flexibility index (Phi) is 4.07. The molecule has 0 aliphatic carbocycles. The SMILES string of the molecule is O=C=Nc1cc(Cl)nc(NCc2ccccc2)c1. The molecule has 0 bridgehead atoms. The summed E-state index contributed by atoms with van der Waals surface area (Å²) in [5.41, 5.74) is 1.56. The fourth-order valence-electron chi connectivity index (χ4n) is 1.48. The highest BCUT2D eigenvalue weighted by molar-refractivity contribution is 6.29. The summed E-state index contributed by atoms with van der Waals surface area (Å²) in [7, 11) is 0. The molecule has 2 aromatic rings. The number of anilines is 1. The number of aromatic nitrogens is 1. The van der Waals surface area contributed by atoms with Crippen molar-refractivity contribution in [1.29, 1.82) is 0 Å². The molecule has 90 valence electrons. The van der Waals surface area contributed by atoms with Crippen molar-refractivity contribution in [1.82, 2.24) is 4.98 Å². The Morgan fingerprint density at radius 3 is 2.78 bits per heavy atom. The number of halogens is 1. The van der Waals surface area contributed by atoms with Crippen LogP contribution in [0.4, 0.5) is 11.5 Å². The topological polar surface area (TPSA) is 54.4 Å². The van der Waals surface area contributed by atoms with E-state index >= 15 is 0 Å². The van der Waals surface area contributed by atoms with Gasteiger partial charge in [-0.2, -0.15) is 4.99 Å². The van der Waals surface area contributed by atoms with Crippen molar-refractivity contribution in [3.63, 3.8) is 0 Å². The van der Waals surface area contributed by atoms with Crippen LogP contribution in [0.25, 0.3) is 0 Å². The number of nitrogens with zero attached hydrogens (tertiary/aromatic N) is 2. The molecule has 1 N–H and O–H groups in total. The number of carbonyl (C=O) groups excluding carboxylic acids is 1. The zero-order valence-corrected chi connectivity index (χ0v) is 10.2. The van der Waals surface area contributed by atoms with Gasteiger partial charge in [-0.15, -0.1) is 0 Å². The van der Waals surface area contributed by atoms with Crippen LogP contribution < -0.4 is 5.32 Å². The lowest BCUT2D eigenvalue weighted by molar-refractivity contribution is 0.565. The summed E-state index contributed by atoms with van der Waals surface area (Å²) in [5, 5.41) is 3.39. The number of benzene rings is 1. The summed E-state index contributed by atoms with van der Waals surface area (Å²) in [6, 6.07) is 13.0. The summed E-state index contributed by atoms with van der Waals surface area (Å²) in [6.45, 7) is 0.623. The van der Waals surface area contributed by atoms with Gasteiger partial charge in [0.05, 0.1) is 5.69 Å². The van der Waals surface area contributed by atoms with Gasteiger partial charge >= 0.3 is 0 Å². The normalized spacial score (nSPS) is 9.61. The second-order valence-electron chi connectivity index (χ2n) is 3.58. The summed E-state index contributed by atoms with van der Waals surface area (Å²) in [5.74, 6) is 0.570. The summed E-state index contributed by atoms with van der Waals surface area (Å²) in [6.07, 6.45) is 1.47. The molecule has 0 spiro atoms. The minimum atomic E-state index is 0.280. The number of isocyanates is 1. The molecule has 18 heavy (non-hydrogen) atoms. The van der Waals surface area contributed by atoms with Crippen LogP contribution in [0.15, 0.2) is 47.5 Å². The molecule has 0 amide bonds. The molecule has 4 nitrogen and oxygen atoms in total. The first-order chi connectivity index (χ1) is 8.78. The quantitative estimate of drug-likeness (QED) is 0.521. The Balaban J connectivity index is 2.12. The van der Waals surface area contributed by atoms with E-state index in [1.807, 2.05) is 30.3 Å². The van der Waals surface area contributed by atoms with Gasteiger partial charge in [-0.05, 0) is 5.56 Å². The van der Waals surface area contributed by atoms with Gasteiger partial charge in [0.2, 0.25) is 6.08 Å². The molecule has 0 aliphatic rings. The van der Waals surface area contributed by atoms with Gasteiger partial charge in [-0.25, -0.2) is 9.78 Å². The number of pyridine rings is 1. The molecular formula is C13H10ClN3O. The fourth-order valence-corrected chi connectivity index (χ4v) is 1.68. The van der Waals surface area contributed by atoms with Gasteiger partial charge in [-0.3, -0.25) is 0 Å². The van der Waals surface area contributed by atoms with Crippen molar-refractivity contribution in [2.75, 3.05) is 5.32 Å². The monoisotopic (exact) mass is 259 g/mol. The molecule has 0 aliphatic heterocycles. The van der Waals surface area contributed by atoms with Crippen molar-refractivity contribution in [2.24, 2.45) is 4.99 Å². The van der Waals surface area contributed by atoms with E-state index in [2.05, 4.69) is 15.3 Å². The smallest absolute Gasteiger partial charge is 0.240 e. The molecule has 1 aromatic carbocycles. The first-order valence-electron chi connectivity index (χ1n) is 5.31. The third-order valence-corrected chi connectivity index (χ3v) is 2.46. The van der Waals surface area contributed by atoms with E-state index in [1.165, 1.54) is 12.1 Å². The Morgan fingerprint density at radius 2 is 2.06 bits per heavy atom. The van der Waals surface area contributed by atoms with E-state index < -0.39 is 0 Å². The molecular weight excluding hydrogens is 250 g/mol. The molecule has 0 fully saturated rings. The van der Waals surface area contributed by atoms with Crippen molar-refractivity contribution >= 4 is 29.2 Å². The van der Waals surface area contributed by atoms with Crippen LogP contribution >= 0.6 is 11.6 Å². The Bertz CT molecular complexity index is 580. The van der Waals surface area contributed by atoms with Crippen LogP contribution in [-0.2, 0) is 11.3 Å². The van der Waals surface area contributed by atoms with E-state index in [9.17, 15) is 4.79 Å². The van der Waals surface area contributed by atoms with Crippen LogP contribution in [0.1, 0.15) is 5.56 Å². The van der Waals surface area contributed by atoms with Crippen LogP contribution in [0.2, 0.25) is 5.15 Å². The van der Waals surface area contributed by atoms with Crippen LogP contribution in [0, 0.1) is 0 Å². The maximum Gasteiger partial charge on any atom is 0.240 e. The van der Waals surface area contributed by atoms with Gasteiger partial charge < -0.3 is 5.32 Å². The van der Waals surface area contributed by atoms with Gasteiger partial charge in [0.1, 0.15) is 11.0 Å². The largest absolute Gasteiger partial charge is 0.366 e. The summed E-state index contributed by atoms with van der Waals surface area (Å²) >= 11 is 5.83. The zero-order valence-electron chi connectivity index (χ0n) is 9.43. The lowest BCUT2D eigenvalue weighted by Gasteiger charge is -2.06. The molecule has 2 rings (SSSR count). The third kappa shape index (κ3) is 3.42. The van der Waals surface area contributed by atoms with Gasteiger partial charge in [0.15, 0.2) is 0 Å². The molecule has 1 aromatic heterocycles. The Labute approximate surface area is 109 Å². The molecule has 0 saturated carbocycles. The predicted molar refractivity (Wildman–Crippen MR) is 70.8 cm³/mol. The average Bonchev–Trinajstić information content (AvgIpc) is 2.37. The van der Waals surface area contributed by atoms with Crippen molar-refractivity contribution in [3.8, 4) is 0 Å². The summed E-state index contributed by atoms with van der Waals surface area (Å²) in [4.78, 5) is 17.8. The fraction of sp³-hybridized carbons (Fsp3) is 0.0769. The third-order valence-electron chi connectivity index (χ3n) is 2.27. The highest BCUT2D eigenvalue weighted by atomic mass is 35.5. The van der Waals surface area contributed by atoms with E-state index in [1.54, 1.807) is 6.07 Å². The Hall–Kier alpha value is -2.16. The number of hydrogen-bond donors (Lipinski definition) is 1. The van der Waals surface area contributed by atoms with E-state index in [0.717, 1.165) is 5.56 Å². The number of aliphatic imine (C=N–C) groups is 1. The lowest BCUT2D eigenvalue weighted by Crippen LogP contribution is -2.00. The van der Waals surface area contributed by atoms with Crippen molar-refractivity contribution in [2.45, 2.75) is 6.54 Å². The van der Waals surface area contributed by atoms with Crippen LogP contribution in [0.3, 0.4) is 0 Å². The number of nitrogens with one attached hydrogen (secondary N) is 1. The highest BCUT2D eigenvalue weighted by Gasteiger charge is 2.00. The van der Waals surface area contributed by atoms with Gasteiger partial charge in [0.25, 0.3) is 0 Å². The van der Waals surface area contributed by atoms with E-state index in [0.29, 0.717) is 18.1 Å². The maximum atomic E-state index is 10.2. The van der Waals surface area contributed by atoms with E-state index in [-0.39, 0.29) is 5.15 Å². The van der Waals surface area contributed by atoms with Crippen LogP contribution in [0.5, 0.6) is 0 Å². The second-order valence-corrected chi connectivity index (χ2v) is 3.96. The second kappa shape index (κ2) is 5.96. The Morgan fingerprint density at radius 1 is 1.28 bits per heavy atom. The van der Waals surface area contributed by atoms with Gasteiger partial charge in [-0.1, -0.05) is 41.9 Å². The first-order valence-corrected chi connectivity index (χ1v) is 5.69. The highest BCUT2D eigenvalue weighted by Crippen LogP contribution is 2.21. The first kappa shape index (κ1) is 12.3. The minimum absolute atomic E-state index is 0.280. The molecule has 0 atom stereocenters. The molecule has 0 unspecified atom stereocenters. The van der Waals surface area contributed by atoms with E-state index in [4.69, 9.17) is 11.6 Å². The molecule has 1 heterocycles. The summed E-state index contributed by atoms with van der Waals surface area (Å²) < 4.78 is 0. The number of hydrogen-bond acceptors (Lipinski definition) is 4.